The van der Waals surface area contributed by atoms with Crippen molar-refractivity contribution in [2.24, 2.45) is 0 Å². The molecule has 0 radical (unpaired) electrons. The van der Waals surface area contributed by atoms with Crippen molar-refractivity contribution in [3.63, 3.8) is 0 Å². The normalized spacial score (nSPS) is 16.6. The van der Waals surface area contributed by atoms with Gasteiger partial charge in [0.1, 0.15) is 17.1 Å². The standard InChI is InChI=1S/C36H44O7/c1-23(2)10-7-11-24(3)12-8-13-25(4)14-9-18-36(6)19-17-27-21-29(20-26(5)32(27)43-36)42-35(41)31-22-28(33(37)38)15-16-30(31)34(39)40/h10,12,14-16,20-22H,7-9,11,13,17-19H2,1-6H3,(H,37,38)(H,39,40)/t36-/m1/s1. The summed E-state index contributed by atoms with van der Waals surface area (Å²) in [6.07, 6.45) is 14.6. The Labute approximate surface area is 254 Å². The van der Waals surface area contributed by atoms with Crippen LogP contribution in [0, 0.1) is 6.92 Å². The van der Waals surface area contributed by atoms with Gasteiger partial charge >= 0.3 is 17.9 Å². The fourth-order valence-corrected chi connectivity index (χ4v) is 5.23. The number of ether oxygens (including phenoxy) is 2. The summed E-state index contributed by atoms with van der Waals surface area (Å²) in [5.74, 6) is -2.51. The SMILES string of the molecule is CC(C)=CCCC(C)=CCCC(C)=CCC[C@]1(C)CCc2cc(OC(=O)c3cc(C(=O)O)ccc3C(=O)O)cc(C)c2O1. The Balaban J connectivity index is 1.61. The molecule has 230 valence electrons. The molecule has 7 heteroatoms. The molecule has 1 heterocycles. The molecule has 2 aromatic rings. The van der Waals surface area contributed by atoms with Crippen LogP contribution in [0.25, 0.3) is 0 Å². The van der Waals surface area contributed by atoms with Crippen LogP contribution in [-0.4, -0.2) is 33.7 Å². The molecule has 0 aliphatic carbocycles. The predicted molar refractivity (Wildman–Crippen MR) is 168 cm³/mol. The average Bonchev–Trinajstić information content (AvgIpc) is 2.93. The molecule has 0 spiro atoms. The lowest BCUT2D eigenvalue weighted by Gasteiger charge is -2.37. The van der Waals surface area contributed by atoms with E-state index in [-0.39, 0.29) is 28.0 Å². The van der Waals surface area contributed by atoms with Gasteiger partial charge in [-0.25, -0.2) is 14.4 Å². The van der Waals surface area contributed by atoms with Crippen LogP contribution in [0.15, 0.2) is 65.3 Å². The minimum Gasteiger partial charge on any atom is -0.487 e. The lowest BCUT2D eigenvalue weighted by molar-refractivity contribution is 0.0557. The van der Waals surface area contributed by atoms with Crippen molar-refractivity contribution in [1.82, 2.24) is 0 Å². The molecule has 0 saturated carbocycles. The van der Waals surface area contributed by atoms with Crippen LogP contribution in [0.1, 0.15) is 122 Å². The number of aromatic carboxylic acids is 2. The van der Waals surface area contributed by atoms with E-state index in [1.165, 1.54) is 16.7 Å². The molecular formula is C36H44O7. The summed E-state index contributed by atoms with van der Waals surface area (Å²) in [5, 5.41) is 18.7. The van der Waals surface area contributed by atoms with Crippen molar-refractivity contribution in [2.75, 3.05) is 0 Å². The van der Waals surface area contributed by atoms with E-state index in [9.17, 15) is 24.6 Å². The first-order chi connectivity index (χ1) is 20.3. The van der Waals surface area contributed by atoms with E-state index in [0.29, 0.717) is 0 Å². The molecule has 7 nitrogen and oxygen atoms in total. The van der Waals surface area contributed by atoms with Crippen molar-refractivity contribution in [3.05, 3.63) is 93.1 Å². The van der Waals surface area contributed by atoms with Gasteiger partial charge in [-0.3, -0.25) is 0 Å². The Morgan fingerprint density at radius 3 is 2.16 bits per heavy atom. The summed E-state index contributed by atoms with van der Waals surface area (Å²) in [5.41, 5.74) is 4.75. The van der Waals surface area contributed by atoms with Gasteiger partial charge in [0.25, 0.3) is 0 Å². The van der Waals surface area contributed by atoms with Crippen LogP contribution in [0.3, 0.4) is 0 Å². The Morgan fingerprint density at radius 1 is 0.884 bits per heavy atom. The molecule has 43 heavy (non-hydrogen) atoms. The van der Waals surface area contributed by atoms with E-state index in [1.807, 2.05) is 6.92 Å². The van der Waals surface area contributed by atoms with Crippen LogP contribution >= 0.6 is 0 Å². The maximum absolute atomic E-state index is 12.9. The third-order valence-corrected chi connectivity index (χ3v) is 7.81. The predicted octanol–water partition coefficient (Wildman–Crippen LogP) is 8.89. The van der Waals surface area contributed by atoms with Gasteiger partial charge in [-0.15, -0.1) is 0 Å². The third-order valence-electron chi connectivity index (χ3n) is 7.81. The molecule has 1 aliphatic rings. The van der Waals surface area contributed by atoms with Crippen LogP contribution in [-0.2, 0) is 6.42 Å². The van der Waals surface area contributed by atoms with Gasteiger partial charge in [0.05, 0.1) is 16.7 Å². The zero-order valence-corrected chi connectivity index (χ0v) is 26.2. The number of esters is 1. The van der Waals surface area contributed by atoms with Crippen molar-refractivity contribution in [1.29, 1.82) is 0 Å². The number of aryl methyl sites for hydroxylation is 2. The van der Waals surface area contributed by atoms with Gasteiger partial charge in [0, 0.05) is 0 Å². The van der Waals surface area contributed by atoms with Gasteiger partial charge in [-0.05, 0) is 134 Å². The highest BCUT2D eigenvalue weighted by atomic mass is 16.5. The average molecular weight is 589 g/mol. The number of carbonyl (C=O) groups is 3. The molecule has 0 bridgehead atoms. The number of hydrogen-bond donors (Lipinski definition) is 2. The minimum atomic E-state index is -1.35. The van der Waals surface area contributed by atoms with E-state index in [2.05, 4.69) is 52.8 Å². The van der Waals surface area contributed by atoms with Crippen LogP contribution < -0.4 is 9.47 Å². The molecular weight excluding hydrogens is 544 g/mol. The summed E-state index contributed by atoms with van der Waals surface area (Å²) in [6.45, 7) is 12.7. The van der Waals surface area contributed by atoms with E-state index in [0.717, 1.165) is 86.4 Å². The van der Waals surface area contributed by atoms with E-state index in [4.69, 9.17) is 9.47 Å². The van der Waals surface area contributed by atoms with E-state index in [1.54, 1.807) is 12.1 Å². The molecule has 0 fully saturated rings. The maximum Gasteiger partial charge on any atom is 0.344 e. The first-order valence-electron chi connectivity index (χ1n) is 14.9. The van der Waals surface area contributed by atoms with Crippen molar-refractivity contribution in [2.45, 2.75) is 98.5 Å². The number of allylic oxidation sites excluding steroid dienone is 6. The van der Waals surface area contributed by atoms with Crippen molar-refractivity contribution >= 4 is 17.9 Å². The van der Waals surface area contributed by atoms with Crippen LogP contribution in [0.5, 0.6) is 11.5 Å². The fourth-order valence-electron chi connectivity index (χ4n) is 5.23. The van der Waals surface area contributed by atoms with Gasteiger partial charge < -0.3 is 19.7 Å². The Morgan fingerprint density at radius 2 is 1.53 bits per heavy atom. The highest BCUT2D eigenvalue weighted by Gasteiger charge is 2.32. The number of fused-ring (bicyclic) bond motifs is 1. The highest BCUT2D eigenvalue weighted by Crippen LogP contribution is 2.40. The van der Waals surface area contributed by atoms with Gasteiger partial charge in [0.2, 0.25) is 0 Å². The van der Waals surface area contributed by atoms with Crippen molar-refractivity contribution < 1.29 is 34.1 Å². The second-order valence-corrected chi connectivity index (χ2v) is 12.0. The number of carboxylic acids is 2. The smallest absolute Gasteiger partial charge is 0.344 e. The van der Waals surface area contributed by atoms with E-state index < -0.39 is 17.9 Å². The zero-order valence-electron chi connectivity index (χ0n) is 26.2. The van der Waals surface area contributed by atoms with Crippen molar-refractivity contribution in [3.8, 4) is 11.5 Å². The molecule has 0 saturated heterocycles. The summed E-state index contributed by atoms with van der Waals surface area (Å²) >= 11 is 0. The number of rotatable bonds is 13. The van der Waals surface area contributed by atoms with Gasteiger partial charge in [-0.1, -0.05) is 34.9 Å². The number of benzene rings is 2. The molecule has 0 amide bonds. The third kappa shape index (κ3) is 9.70. The fraction of sp³-hybridized carbons (Fsp3) is 0.417. The molecule has 0 aromatic heterocycles. The maximum atomic E-state index is 12.9. The molecule has 2 N–H and O–H groups in total. The molecule has 2 aromatic carbocycles. The highest BCUT2D eigenvalue weighted by molar-refractivity contribution is 6.05. The number of hydrogen-bond acceptors (Lipinski definition) is 5. The van der Waals surface area contributed by atoms with Crippen LogP contribution in [0.2, 0.25) is 0 Å². The Bertz CT molecular complexity index is 1460. The molecule has 1 aliphatic heterocycles. The zero-order chi connectivity index (χ0) is 31.7. The van der Waals surface area contributed by atoms with Gasteiger partial charge in [-0.2, -0.15) is 0 Å². The minimum absolute atomic E-state index is 0.200. The number of carboxylic acid groups (broad SMARTS) is 2. The lowest BCUT2D eigenvalue weighted by atomic mass is 9.87. The summed E-state index contributed by atoms with van der Waals surface area (Å²) < 4.78 is 12.0. The monoisotopic (exact) mass is 588 g/mol. The summed E-state index contributed by atoms with van der Waals surface area (Å²) in [4.78, 5) is 35.9. The summed E-state index contributed by atoms with van der Waals surface area (Å²) in [6, 6.07) is 6.68. The quantitative estimate of drug-likeness (QED) is 0.137. The second kappa shape index (κ2) is 14.9. The van der Waals surface area contributed by atoms with E-state index >= 15 is 0 Å². The Kier molecular flexibility index (Phi) is 11.5. The Hall–Kier alpha value is -4.13. The molecule has 0 unspecified atom stereocenters. The van der Waals surface area contributed by atoms with Crippen LogP contribution in [0.4, 0.5) is 0 Å². The topological polar surface area (TPSA) is 110 Å². The number of carbonyl (C=O) groups excluding carboxylic acids is 1. The second-order valence-electron chi connectivity index (χ2n) is 12.0. The summed E-state index contributed by atoms with van der Waals surface area (Å²) in [7, 11) is 0. The first kappa shape index (κ1) is 33.4. The molecule has 1 atom stereocenters. The molecule has 3 rings (SSSR count). The first-order valence-corrected chi connectivity index (χ1v) is 14.9. The van der Waals surface area contributed by atoms with Gasteiger partial charge in [0.15, 0.2) is 0 Å². The largest absolute Gasteiger partial charge is 0.487 e. The lowest BCUT2D eigenvalue weighted by Crippen LogP contribution is -2.36.